The zero-order valence-electron chi connectivity index (χ0n) is 9.67. The minimum atomic E-state index is 0.387. The summed E-state index contributed by atoms with van der Waals surface area (Å²) in [4.78, 5) is 6.61. The van der Waals surface area contributed by atoms with Gasteiger partial charge in [-0.1, -0.05) is 0 Å². The number of ether oxygens (including phenoxy) is 1. The maximum Gasteiger partial charge on any atom is 0.137 e. The van der Waals surface area contributed by atoms with Gasteiger partial charge in [0.1, 0.15) is 11.9 Å². The summed E-state index contributed by atoms with van der Waals surface area (Å²) in [7, 11) is 2.25. The van der Waals surface area contributed by atoms with Gasteiger partial charge in [0.2, 0.25) is 0 Å². The predicted molar refractivity (Wildman–Crippen MR) is 62.5 cm³/mol. The zero-order chi connectivity index (χ0) is 11.0. The smallest absolute Gasteiger partial charge is 0.137 e. The Hall–Kier alpha value is -1.09. The summed E-state index contributed by atoms with van der Waals surface area (Å²) in [5.41, 5.74) is 0. The quantitative estimate of drug-likeness (QED) is 0.760. The second-order valence-electron chi connectivity index (χ2n) is 4.95. The van der Waals surface area contributed by atoms with Crippen LogP contribution >= 0.6 is 0 Å². The molecule has 0 aliphatic carbocycles. The van der Waals surface area contributed by atoms with E-state index in [1.54, 1.807) is 12.4 Å². The number of nitrogens with zero attached hydrogens (tertiary/aromatic N) is 2. The van der Waals surface area contributed by atoms with Crippen LogP contribution in [0.25, 0.3) is 0 Å². The Bertz CT molecular complexity index is 340. The first kappa shape index (κ1) is 10.1. The van der Waals surface area contributed by atoms with Gasteiger partial charge in [-0.25, -0.2) is 0 Å². The zero-order valence-corrected chi connectivity index (χ0v) is 9.67. The first-order valence-corrected chi connectivity index (χ1v) is 6.11. The van der Waals surface area contributed by atoms with E-state index >= 15 is 0 Å². The van der Waals surface area contributed by atoms with Crippen LogP contribution in [0.2, 0.25) is 0 Å². The highest BCUT2D eigenvalue weighted by atomic mass is 16.5. The number of aromatic nitrogens is 1. The molecule has 0 radical (unpaired) electrons. The SMILES string of the molecule is CN1[C@@H]2CC[C@H]1CC(Oc1cccnc1)C2. The third kappa shape index (κ3) is 1.80. The van der Waals surface area contributed by atoms with Gasteiger partial charge in [-0.15, -0.1) is 0 Å². The molecule has 2 saturated heterocycles. The van der Waals surface area contributed by atoms with Gasteiger partial charge in [0.25, 0.3) is 0 Å². The van der Waals surface area contributed by atoms with Crippen LogP contribution in [0.5, 0.6) is 5.75 Å². The maximum atomic E-state index is 6.00. The largest absolute Gasteiger partial charge is 0.489 e. The molecule has 0 saturated carbocycles. The molecular formula is C13H18N2O. The molecule has 3 nitrogen and oxygen atoms in total. The van der Waals surface area contributed by atoms with Crippen LogP contribution in [0, 0.1) is 0 Å². The second kappa shape index (κ2) is 4.06. The highest BCUT2D eigenvalue weighted by Crippen LogP contribution is 2.35. The van der Waals surface area contributed by atoms with Gasteiger partial charge in [0, 0.05) is 18.3 Å². The number of piperidine rings is 1. The summed E-state index contributed by atoms with van der Waals surface area (Å²) in [6.45, 7) is 0. The fourth-order valence-electron chi connectivity index (χ4n) is 3.07. The Labute approximate surface area is 96.4 Å². The molecule has 1 unspecified atom stereocenters. The Morgan fingerprint density at radius 2 is 2.06 bits per heavy atom. The fraction of sp³-hybridized carbons (Fsp3) is 0.615. The summed E-state index contributed by atoms with van der Waals surface area (Å²) in [5.74, 6) is 0.913. The minimum absolute atomic E-state index is 0.387. The van der Waals surface area contributed by atoms with Gasteiger partial charge in [0.15, 0.2) is 0 Å². The normalized spacial score (nSPS) is 33.9. The van der Waals surface area contributed by atoms with Gasteiger partial charge >= 0.3 is 0 Å². The summed E-state index contributed by atoms with van der Waals surface area (Å²) in [5, 5.41) is 0. The average molecular weight is 218 g/mol. The lowest BCUT2D eigenvalue weighted by molar-refractivity contribution is 0.0659. The topological polar surface area (TPSA) is 25.4 Å². The van der Waals surface area contributed by atoms with Crippen molar-refractivity contribution in [3.63, 3.8) is 0 Å². The van der Waals surface area contributed by atoms with Crippen molar-refractivity contribution >= 4 is 0 Å². The molecule has 0 aromatic carbocycles. The number of hydrogen-bond donors (Lipinski definition) is 0. The lowest BCUT2D eigenvalue weighted by Crippen LogP contribution is -2.43. The number of pyridine rings is 1. The Morgan fingerprint density at radius 1 is 1.31 bits per heavy atom. The summed E-state index contributed by atoms with van der Waals surface area (Å²) < 4.78 is 6.00. The van der Waals surface area contributed by atoms with Crippen LogP contribution in [0.4, 0.5) is 0 Å². The Kier molecular flexibility index (Phi) is 2.56. The van der Waals surface area contributed by atoms with E-state index in [-0.39, 0.29) is 0 Å². The van der Waals surface area contributed by atoms with Crippen molar-refractivity contribution in [3.8, 4) is 5.75 Å². The van der Waals surface area contributed by atoms with Crippen LogP contribution in [0.15, 0.2) is 24.5 Å². The van der Waals surface area contributed by atoms with E-state index in [0.717, 1.165) is 17.8 Å². The van der Waals surface area contributed by atoms with Gasteiger partial charge in [0.05, 0.1) is 6.20 Å². The Balaban J connectivity index is 1.66. The van der Waals surface area contributed by atoms with Crippen molar-refractivity contribution in [2.24, 2.45) is 0 Å². The van der Waals surface area contributed by atoms with Crippen LogP contribution in [-0.4, -0.2) is 35.1 Å². The van der Waals surface area contributed by atoms with Crippen molar-refractivity contribution in [3.05, 3.63) is 24.5 Å². The molecule has 3 rings (SSSR count). The molecule has 0 spiro atoms. The molecular weight excluding hydrogens is 200 g/mol. The highest BCUT2D eigenvalue weighted by molar-refractivity contribution is 5.16. The van der Waals surface area contributed by atoms with Crippen molar-refractivity contribution in [2.45, 2.75) is 43.9 Å². The number of rotatable bonds is 2. The summed E-state index contributed by atoms with van der Waals surface area (Å²) >= 11 is 0. The van der Waals surface area contributed by atoms with Crippen molar-refractivity contribution in [2.75, 3.05) is 7.05 Å². The molecule has 0 N–H and O–H groups in total. The molecule has 2 aliphatic heterocycles. The molecule has 2 aliphatic rings. The monoisotopic (exact) mass is 218 g/mol. The first-order chi connectivity index (χ1) is 7.83. The molecule has 3 heteroatoms. The van der Waals surface area contributed by atoms with Gasteiger partial charge in [-0.3, -0.25) is 4.98 Å². The van der Waals surface area contributed by atoms with Crippen molar-refractivity contribution < 1.29 is 4.74 Å². The maximum absolute atomic E-state index is 6.00. The fourth-order valence-corrected chi connectivity index (χ4v) is 3.07. The molecule has 1 aromatic rings. The Morgan fingerprint density at radius 3 is 2.69 bits per heavy atom. The number of fused-ring (bicyclic) bond motifs is 2. The molecule has 2 fully saturated rings. The average Bonchev–Trinajstić information content (AvgIpc) is 2.54. The summed E-state index contributed by atoms with van der Waals surface area (Å²) in [6, 6.07) is 5.40. The van der Waals surface area contributed by atoms with E-state index in [9.17, 15) is 0 Å². The molecule has 86 valence electrons. The third-order valence-corrected chi connectivity index (χ3v) is 3.99. The van der Waals surface area contributed by atoms with E-state index in [4.69, 9.17) is 4.74 Å². The van der Waals surface area contributed by atoms with Crippen LogP contribution in [-0.2, 0) is 0 Å². The summed E-state index contributed by atoms with van der Waals surface area (Å²) in [6.07, 6.45) is 9.00. The van der Waals surface area contributed by atoms with E-state index < -0.39 is 0 Å². The van der Waals surface area contributed by atoms with E-state index in [1.165, 1.54) is 25.7 Å². The number of hydrogen-bond acceptors (Lipinski definition) is 3. The van der Waals surface area contributed by atoms with Crippen LogP contribution in [0.1, 0.15) is 25.7 Å². The van der Waals surface area contributed by atoms with Crippen molar-refractivity contribution in [1.29, 1.82) is 0 Å². The second-order valence-corrected chi connectivity index (χ2v) is 4.95. The van der Waals surface area contributed by atoms with Crippen LogP contribution < -0.4 is 4.74 Å². The molecule has 16 heavy (non-hydrogen) atoms. The molecule has 3 heterocycles. The lowest BCUT2D eigenvalue weighted by Gasteiger charge is -2.36. The predicted octanol–water partition coefficient (Wildman–Crippen LogP) is 2.09. The van der Waals surface area contributed by atoms with E-state index in [2.05, 4.69) is 16.9 Å². The first-order valence-electron chi connectivity index (χ1n) is 6.11. The van der Waals surface area contributed by atoms with Crippen molar-refractivity contribution in [1.82, 2.24) is 9.88 Å². The third-order valence-electron chi connectivity index (χ3n) is 3.99. The highest BCUT2D eigenvalue weighted by Gasteiger charge is 2.39. The lowest BCUT2D eigenvalue weighted by atomic mass is 10.0. The van der Waals surface area contributed by atoms with Gasteiger partial charge in [-0.2, -0.15) is 0 Å². The van der Waals surface area contributed by atoms with Gasteiger partial charge < -0.3 is 9.64 Å². The molecule has 2 bridgehead atoms. The minimum Gasteiger partial charge on any atom is -0.489 e. The van der Waals surface area contributed by atoms with Gasteiger partial charge in [-0.05, 0) is 44.9 Å². The standard InChI is InChI=1S/C13H18N2O/c1-15-10-4-5-11(15)8-13(7-10)16-12-3-2-6-14-9-12/h2-3,6,9-11,13H,4-5,7-8H2,1H3/t10-,11+,13?. The molecule has 3 atom stereocenters. The molecule has 0 amide bonds. The molecule has 1 aromatic heterocycles. The van der Waals surface area contributed by atoms with E-state index in [1.807, 2.05) is 12.1 Å². The van der Waals surface area contributed by atoms with E-state index in [0.29, 0.717) is 6.10 Å². The van der Waals surface area contributed by atoms with Crippen LogP contribution in [0.3, 0.4) is 0 Å².